The molecule has 0 aliphatic heterocycles. The quantitative estimate of drug-likeness (QED) is 0.890. The SMILES string of the molecule is CNC(CCc1ccncc1)Cc1c(Cl)c(C)nn1C. The van der Waals surface area contributed by atoms with Crippen LogP contribution in [0, 0.1) is 6.92 Å². The lowest BCUT2D eigenvalue weighted by Crippen LogP contribution is -2.29. The second kappa shape index (κ2) is 6.86. The third kappa shape index (κ3) is 3.58. The second-order valence-corrected chi connectivity index (χ2v) is 5.43. The van der Waals surface area contributed by atoms with Crippen molar-refractivity contribution < 1.29 is 0 Å². The van der Waals surface area contributed by atoms with Gasteiger partial charge in [0.15, 0.2) is 0 Å². The first-order valence-corrected chi connectivity index (χ1v) is 7.23. The van der Waals surface area contributed by atoms with Crippen LogP contribution in [-0.2, 0) is 19.9 Å². The van der Waals surface area contributed by atoms with Crippen LogP contribution in [0.5, 0.6) is 0 Å². The molecule has 20 heavy (non-hydrogen) atoms. The van der Waals surface area contributed by atoms with Gasteiger partial charge in [-0.05, 0) is 44.5 Å². The number of hydrogen-bond acceptors (Lipinski definition) is 3. The van der Waals surface area contributed by atoms with Crippen LogP contribution in [0.2, 0.25) is 5.02 Å². The lowest BCUT2D eigenvalue weighted by molar-refractivity contribution is 0.503. The third-order valence-electron chi connectivity index (χ3n) is 3.64. The molecule has 0 radical (unpaired) electrons. The number of likely N-dealkylation sites (N-methyl/N-ethyl adjacent to an activating group) is 1. The lowest BCUT2D eigenvalue weighted by atomic mass is 10.0. The van der Waals surface area contributed by atoms with Crippen molar-refractivity contribution in [3.63, 3.8) is 0 Å². The van der Waals surface area contributed by atoms with Gasteiger partial charge in [-0.3, -0.25) is 9.67 Å². The van der Waals surface area contributed by atoms with Crippen molar-refractivity contribution in [2.75, 3.05) is 7.05 Å². The summed E-state index contributed by atoms with van der Waals surface area (Å²) >= 11 is 6.31. The molecule has 0 aliphatic rings. The van der Waals surface area contributed by atoms with Gasteiger partial charge in [0.05, 0.1) is 16.4 Å². The zero-order chi connectivity index (χ0) is 14.5. The molecule has 0 saturated heterocycles. The van der Waals surface area contributed by atoms with E-state index in [1.807, 2.05) is 38.1 Å². The largest absolute Gasteiger partial charge is 0.317 e. The number of nitrogens with zero attached hydrogens (tertiary/aromatic N) is 3. The fraction of sp³-hybridized carbons (Fsp3) is 0.467. The number of pyridine rings is 1. The van der Waals surface area contributed by atoms with Crippen molar-refractivity contribution in [3.8, 4) is 0 Å². The molecule has 0 aromatic carbocycles. The molecule has 1 unspecified atom stereocenters. The van der Waals surface area contributed by atoms with E-state index in [1.54, 1.807) is 0 Å². The number of aromatic nitrogens is 3. The van der Waals surface area contributed by atoms with Crippen LogP contribution in [0.15, 0.2) is 24.5 Å². The molecule has 4 nitrogen and oxygen atoms in total. The maximum Gasteiger partial charge on any atom is 0.0847 e. The molecule has 0 amide bonds. The van der Waals surface area contributed by atoms with E-state index in [4.69, 9.17) is 11.6 Å². The van der Waals surface area contributed by atoms with E-state index in [0.717, 1.165) is 35.7 Å². The molecule has 108 valence electrons. The van der Waals surface area contributed by atoms with E-state index >= 15 is 0 Å². The topological polar surface area (TPSA) is 42.7 Å². The Kier molecular flexibility index (Phi) is 5.15. The summed E-state index contributed by atoms with van der Waals surface area (Å²) in [7, 11) is 3.94. The third-order valence-corrected chi connectivity index (χ3v) is 4.13. The van der Waals surface area contributed by atoms with Gasteiger partial charge in [-0.2, -0.15) is 5.10 Å². The minimum absolute atomic E-state index is 0.385. The number of nitrogens with one attached hydrogen (secondary N) is 1. The molecule has 0 fully saturated rings. The second-order valence-electron chi connectivity index (χ2n) is 5.05. The van der Waals surface area contributed by atoms with Gasteiger partial charge in [0, 0.05) is 31.9 Å². The molecule has 0 bridgehead atoms. The minimum atomic E-state index is 0.385. The Hall–Kier alpha value is -1.39. The Balaban J connectivity index is 1.99. The summed E-state index contributed by atoms with van der Waals surface area (Å²) in [6.45, 7) is 1.94. The fourth-order valence-electron chi connectivity index (χ4n) is 2.37. The molecule has 0 aliphatic carbocycles. The summed E-state index contributed by atoms with van der Waals surface area (Å²) in [5.41, 5.74) is 3.30. The Morgan fingerprint density at radius 2 is 2.05 bits per heavy atom. The number of rotatable bonds is 6. The van der Waals surface area contributed by atoms with Crippen molar-refractivity contribution in [2.45, 2.75) is 32.2 Å². The van der Waals surface area contributed by atoms with Crippen molar-refractivity contribution in [2.24, 2.45) is 7.05 Å². The maximum absolute atomic E-state index is 6.31. The molecule has 0 spiro atoms. The van der Waals surface area contributed by atoms with Crippen LogP contribution in [0.4, 0.5) is 0 Å². The van der Waals surface area contributed by atoms with Crippen LogP contribution in [0.25, 0.3) is 0 Å². The highest BCUT2D eigenvalue weighted by Gasteiger charge is 2.16. The molecule has 1 atom stereocenters. The van der Waals surface area contributed by atoms with Crippen LogP contribution in [0.1, 0.15) is 23.4 Å². The summed E-state index contributed by atoms with van der Waals surface area (Å²) < 4.78 is 1.88. The van der Waals surface area contributed by atoms with Crippen molar-refractivity contribution >= 4 is 11.6 Å². The summed E-state index contributed by atoms with van der Waals surface area (Å²) in [6.07, 6.45) is 6.65. The Bertz CT molecular complexity index is 551. The fourth-order valence-corrected chi connectivity index (χ4v) is 2.61. The van der Waals surface area contributed by atoms with Crippen LogP contribution in [-0.4, -0.2) is 27.9 Å². The van der Waals surface area contributed by atoms with Crippen molar-refractivity contribution in [1.29, 1.82) is 0 Å². The van der Waals surface area contributed by atoms with Gasteiger partial charge in [0.1, 0.15) is 0 Å². The molecular weight excluding hydrogens is 272 g/mol. The van der Waals surface area contributed by atoms with Gasteiger partial charge in [-0.15, -0.1) is 0 Å². The Labute approximate surface area is 125 Å². The van der Waals surface area contributed by atoms with Crippen molar-refractivity contribution in [3.05, 3.63) is 46.5 Å². The van der Waals surface area contributed by atoms with E-state index in [-0.39, 0.29) is 0 Å². The molecule has 2 rings (SSSR count). The van der Waals surface area contributed by atoms with Crippen LogP contribution < -0.4 is 5.32 Å². The summed E-state index contributed by atoms with van der Waals surface area (Å²) in [5, 5.41) is 8.52. The summed E-state index contributed by atoms with van der Waals surface area (Å²) in [6, 6.07) is 4.51. The predicted molar refractivity (Wildman–Crippen MR) is 82.1 cm³/mol. The average Bonchev–Trinajstić information content (AvgIpc) is 2.70. The molecule has 1 N–H and O–H groups in total. The Morgan fingerprint density at radius 3 is 2.60 bits per heavy atom. The van der Waals surface area contributed by atoms with E-state index < -0.39 is 0 Å². The highest BCUT2D eigenvalue weighted by atomic mass is 35.5. The van der Waals surface area contributed by atoms with Gasteiger partial charge in [-0.25, -0.2) is 0 Å². The maximum atomic E-state index is 6.31. The monoisotopic (exact) mass is 292 g/mol. The zero-order valence-electron chi connectivity index (χ0n) is 12.2. The molecule has 5 heteroatoms. The minimum Gasteiger partial charge on any atom is -0.317 e. The first kappa shape index (κ1) is 15.0. The van der Waals surface area contributed by atoms with Crippen LogP contribution >= 0.6 is 11.6 Å². The zero-order valence-corrected chi connectivity index (χ0v) is 13.0. The smallest absolute Gasteiger partial charge is 0.0847 e. The van der Waals surface area contributed by atoms with Gasteiger partial charge in [0.25, 0.3) is 0 Å². The highest BCUT2D eigenvalue weighted by molar-refractivity contribution is 6.31. The first-order valence-electron chi connectivity index (χ1n) is 6.86. The summed E-state index contributed by atoms with van der Waals surface area (Å²) in [4.78, 5) is 4.04. The summed E-state index contributed by atoms with van der Waals surface area (Å²) in [5.74, 6) is 0. The van der Waals surface area contributed by atoms with E-state index in [0.29, 0.717) is 6.04 Å². The van der Waals surface area contributed by atoms with Gasteiger partial charge in [-0.1, -0.05) is 11.6 Å². The number of aryl methyl sites for hydroxylation is 3. The highest BCUT2D eigenvalue weighted by Crippen LogP contribution is 2.21. The van der Waals surface area contributed by atoms with Crippen molar-refractivity contribution in [1.82, 2.24) is 20.1 Å². The Morgan fingerprint density at radius 1 is 1.35 bits per heavy atom. The number of hydrogen-bond donors (Lipinski definition) is 1. The standard InChI is InChI=1S/C15H21ClN4/c1-11-15(16)14(20(3)19-11)10-13(17-2)5-4-12-6-8-18-9-7-12/h6-9,13,17H,4-5,10H2,1-3H3. The average molecular weight is 293 g/mol. The number of halogens is 1. The predicted octanol–water partition coefficient (Wildman–Crippen LogP) is 2.54. The van der Waals surface area contributed by atoms with E-state index in [9.17, 15) is 0 Å². The van der Waals surface area contributed by atoms with Gasteiger partial charge in [0.2, 0.25) is 0 Å². The van der Waals surface area contributed by atoms with Crippen LogP contribution in [0.3, 0.4) is 0 Å². The molecule has 0 saturated carbocycles. The first-order chi connectivity index (χ1) is 9.61. The lowest BCUT2D eigenvalue weighted by Gasteiger charge is -2.16. The van der Waals surface area contributed by atoms with Gasteiger partial charge >= 0.3 is 0 Å². The molecule has 2 heterocycles. The van der Waals surface area contributed by atoms with Gasteiger partial charge < -0.3 is 5.32 Å². The molecule has 2 aromatic heterocycles. The van der Waals surface area contributed by atoms with E-state index in [2.05, 4.69) is 27.5 Å². The molecule has 2 aromatic rings. The van der Waals surface area contributed by atoms with E-state index in [1.165, 1.54) is 5.56 Å². The molecular formula is C15H21ClN4. The normalized spacial score (nSPS) is 12.6.